The third-order valence-electron chi connectivity index (χ3n) is 3.70. The summed E-state index contributed by atoms with van der Waals surface area (Å²) < 4.78 is 14.2. The number of benzene rings is 1. The van der Waals surface area contributed by atoms with Crippen molar-refractivity contribution in [3.05, 3.63) is 28.9 Å². The predicted octanol–water partition coefficient (Wildman–Crippen LogP) is 2.97. The SMILES string of the molecule is CN1CCC(c2cc3[nH]ncc3cc2Cl)[C@H](F)C1. The zero-order chi connectivity index (χ0) is 12.7. The normalized spacial score (nSPS) is 25.7. The quantitative estimate of drug-likeness (QED) is 0.861. The highest BCUT2D eigenvalue weighted by molar-refractivity contribution is 6.32. The first-order valence-corrected chi connectivity index (χ1v) is 6.48. The summed E-state index contributed by atoms with van der Waals surface area (Å²) in [7, 11) is 1.95. The van der Waals surface area contributed by atoms with E-state index in [1.165, 1.54) is 0 Å². The van der Waals surface area contributed by atoms with E-state index >= 15 is 0 Å². The minimum absolute atomic E-state index is 0.110. The molecule has 1 aliphatic heterocycles. The second-order valence-corrected chi connectivity index (χ2v) is 5.41. The minimum Gasteiger partial charge on any atom is -0.303 e. The molecule has 3 nitrogen and oxygen atoms in total. The van der Waals surface area contributed by atoms with Crippen LogP contribution in [0.25, 0.3) is 10.9 Å². The van der Waals surface area contributed by atoms with Crippen LogP contribution in [0, 0.1) is 0 Å². The molecule has 96 valence electrons. The van der Waals surface area contributed by atoms with Gasteiger partial charge >= 0.3 is 0 Å². The molecule has 5 heteroatoms. The second-order valence-electron chi connectivity index (χ2n) is 5.00. The number of aromatic amines is 1. The van der Waals surface area contributed by atoms with Crippen LogP contribution in [0.4, 0.5) is 4.39 Å². The number of nitrogens with one attached hydrogen (secondary N) is 1. The Labute approximate surface area is 110 Å². The Hall–Kier alpha value is -1.13. The molecular formula is C13H15ClFN3. The summed E-state index contributed by atoms with van der Waals surface area (Å²) in [4.78, 5) is 2.02. The van der Waals surface area contributed by atoms with Gasteiger partial charge in [0.05, 0.1) is 11.7 Å². The molecule has 0 bridgehead atoms. The molecule has 18 heavy (non-hydrogen) atoms. The van der Waals surface area contributed by atoms with Crippen LogP contribution >= 0.6 is 11.6 Å². The van der Waals surface area contributed by atoms with Crippen molar-refractivity contribution in [2.24, 2.45) is 0 Å². The van der Waals surface area contributed by atoms with E-state index in [1.807, 2.05) is 24.1 Å². The summed E-state index contributed by atoms with van der Waals surface area (Å²) in [6, 6.07) is 3.80. The van der Waals surface area contributed by atoms with Crippen LogP contribution in [0.15, 0.2) is 18.3 Å². The Morgan fingerprint density at radius 1 is 1.50 bits per heavy atom. The molecule has 3 rings (SSSR count). The van der Waals surface area contributed by atoms with E-state index in [1.54, 1.807) is 6.20 Å². The Morgan fingerprint density at radius 2 is 2.33 bits per heavy atom. The number of aromatic nitrogens is 2. The maximum atomic E-state index is 14.2. The highest BCUT2D eigenvalue weighted by Gasteiger charge is 2.30. The lowest BCUT2D eigenvalue weighted by Gasteiger charge is -2.32. The van der Waals surface area contributed by atoms with Gasteiger partial charge in [-0.05, 0) is 37.7 Å². The van der Waals surface area contributed by atoms with Gasteiger partial charge in [0.15, 0.2) is 0 Å². The lowest BCUT2D eigenvalue weighted by Crippen LogP contribution is -2.38. The van der Waals surface area contributed by atoms with Crippen molar-refractivity contribution in [2.75, 3.05) is 20.1 Å². The van der Waals surface area contributed by atoms with Gasteiger partial charge in [0, 0.05) is 22.9 Å². The zero-order valence-corrected chi connectivity index (χ0v) is 10.9. The van der Waals surface area contributed by atoms with E-state index in [0.717, 1.165) is 29.4 Å². The number of H-pyrrole nitrogens is 1. The van der Waals surface area contributed by atoms with Crippen molar-refractivity contribution < 1.29 is 4.39 Å². The summed E-state index contributed by atoms with van der Waals surface area (Å²) in [6.07, 6.45) is 1.67. The predicted molar refractivity (Wildman–Crippen MR) is 70.9 cm³/mol. The second kappa shape index (κ2) is 4.52. The fourth-order valence-corrected chi connectivity index (χ4v) is 2.98. The first-order valence-electron chi connectivity index (χ1n) is 6.10. The van der Waals surface area contributed by atoms with Crippen LogP contribution in [0.3, 0.4) is 0 Å². The fraction of sp³-hybridized carbons (Fsp3) is 0.462. The number of fused-ring (bicyclic) bond motifs is 1. The van der Waals surface area contributed by atoms with Crippen molar-refractivity contribution in [1.82, 2.24) is 15.1 Å². The molecule has 0 amide bonds. The number of piperidine rings is 1. The average Bonchev–Trinajstić information content (AvgIpc) is 2.75. The summed E-state index contributed by atoms with van der Waals surface area (Å²) in [5.74, 6) is -0.110. The molecule has 1 aromatic carbocycles. The fourth-order valence-electron chi connectivity index (χ4n) is 2.67. The number of halogens is 2. The molecule has 0 aliphatic carbocycles. The molecule has 2 atom stereocenters. The lowest BCUT2D eigenvalue weighted by molar-refractivity contribution is 0.139. The number of hydrogen-bond donors (Lipinski definition) is 1. The maximum absolute atomic E-state index is 14.2. The van der Waals surface area contributed by atoms with Gasteiger partial charge in [-0.2, -0.15) is 5.10 Å². The van der Waals surface area contributed by atoms with E-state index in [9.17, 15) is 4.39 Å². The Morgan fingerprint density at radius 3 is 3.11 bits per heavy atom. The highest BCUT2D eigenvalue weighted by Crippen LogP contribution is 2.36. The molecule has 2 heterocycles. The van der Waals surface area contributed by atoms with Crippen molar-refractivity contribution in [3.8, 4) is 0 Å². The number of rotatable bonds is 1. The van der Waals surface area contributed by atoms with Gasteiger partial charge < -0.3 is 4.90 Å². The Bertz CT molecular complexity index is 568. The minimum atomic E-state index is -0.860. The van der Waals surface area contributed by atoms with Gasteiger partial charge in [0.1, 0.15) is 6.17 Å². The first kappa shape index (κ1) is 11.9. The van der Waals surface area contributed by atoms with Crippen LogP contribution in [-0.2, 0) is 0 Å². The van der Waals surface area contributed by atoms with Crippen LogP contribution in [0.5, 0.6) is 0 Å². The number of hydrogen-bond acceptors (Lipinski definition) is 2. The van der Waals surface area contributed by atoms with Crippen molar-refractivity contribution in [1.29, 1.82) is 0 Å². The molecule has 1 fully saturated rings. The molecule has 0 saturated carbocycles. The molecule has 1 N–H and O–H groups in total. The Balaban J connectivity index is 2.00. The van der Waals surface area contributed by atoms with E-state index in [4.69, 9.17) is 11.6 Å². The molecule has 1 saturated heterocycles. The van der Waals surface area contributed by atoms with Gasteiger partial charge in [-0.25, -0.2) is 4.39 Å². The number of likely N-dealkylation sites (tertiary alicyclic amines) is 1. The number of nitrogens with zero attached hydrogens (tertiary/aromatic N) is 2. The standard InChI is InChI=1S/C13H15ClFN3/c1-18-3-2-9(12(15)7-18)10-5-13-8(4-11(10)14)6-16-17-13/h4-6,9,12H,2-3,7H2,1H3,(H,16,17)/t9?,12-/m1/s1. The van der Waals surface area contributed by atoms with Gasteiger partial charge in [-0.3, -0.25) is 5.10 Å². The maximum Gasteiger partial charge on any atom is 0.120 e. The van der Waals surface area contributed by atoms with Crippen molar-refractivity contribution >= 4 is 22.5 Å². The van der Waals surface area contributed by atoms with Crippen molar-refractivity contribution in [2.45, 2.75) is 18.5 Å². The molecule has 1 unspecified atom stereocenters. The largest absolute Gasteiger partial charge is 0.303 e. The third kappa shape index (κ3) is 1.99. The van der Waals surface area contributed by atoms with Crippen LogP contribution in [0.1, 0.15) is 17.9 Å². The van der Waals surface area contributed by atoms with Crippen molar-refractivity contribution in [3.63, 3.8) is 0 Å². The van der Waals surface area contributed by atoms with E-state index in [2.05, 4.69) is 10.2 Å². The van der Waals surface area contributed by atoms with E-state index in [0.29, 0.717) is 11.6 Å². The van der Waals surface area contributed by atoms with Crippen LogP contribution in [0.2, 0.25) is 5.02 Å². The lowest BCUT2D eigenvalue weighted by atomic mass is 9.87. The summed E-state index contributed by atoms with van der Waals surface area (Å²) in [6.45, 7) is 1.38. The number of alkyl halides is 1. The summed E-state index contributed by atoms with van der Waals surface area (Å²) >= 11 is 6.27. The smallest absolute Gasteiger partial charge is 0.120 e. The monoisotopic (exact) mass is 267 g/mol. The van der Waals surface area contributed by atoms with Crippen LogP contribution in [-0.4, -0.2) is 41.4 Å². The molecule has 0 radical (unpaired) electrons. The van der Waals surface area contributed by atoms with Gasteiger partial charge in [0.2, 0.25) is 0 Å². The third-order valence-corrected chi connectivity index (χ3v) is 4.03. The van der Waals surface area contributed by atoms with Gasteiger partial charge in [0.25, 0.3) is 0 Å². The average molecular weight is 268 g/mol. The van der Waals surface area contributed by atoms with Gasteiger partial charge in [-0.1, -0.05) is 11.6 Å². The highest BCUT2D eigenvalue weighted by atomic mass is 35.5. The first-order chi connectivity index (χ1) is 8.65. The molecule has 0 spiro atoms. The topological polar surface area (TPSA) is 31.9 Å². The molecule has 1 aromatic heterocycles. The molecular weight excluding hydrogens is 253 g/mol. The summed E-state index contributed by atoms with van der Waals surface area (Å²) in [5, 5.41) is 8.49. The molecule has 1 aliphatic rings. The van der Waals surface area contributed by atoms with Gasteiger partial charge in [-0.15, -0.1) is 0 Å². The summed E-state index contributed by atoms with van der Waals surface area (Å²) in [5.41, 5.74) is 1.81. The molecule has 2 aromatic rings. The van der Waals surface area contributed by atoms with Crippen LogP contribution < -0.4 is 0 Å². The zero-order valence-electron chi connectivity index (χ0n) is 10.2. The van der Waals surface area contributed by atoms with E-state index in [-0.39, 0.29) is 5.92 Å². The Kier molecular flexibility index (Phi) is 2.99. The van der Waals surface area contributed by atoms with E-state index < -0.39 is 6.17 Å².